The summed E-state index contributed by atoms with van der Waals surface area (Å²) in [5.74, 6) is 0.970. The fourth-order valence-corrected chi connectivity index (χ4v) is 3.36. The number of carbonyl (C=O) groups is 1. The van der Waals surface area contributed by atoms with Crippen LogP contribution in [0, 0.1) is 0 Å². The molecule has 4 heteroatoms. The minimum atomic E-state index is 0.0892. The summed E-state index contributed by atoms with van der Waals surface area (Å²) in [6.07, 6.45) is 0.756. The molecule has 0 fully saturated rings. The number of aldehydes is 1. The van der Waals surface area contributed by atoms with Crippen molar-refractivity contribution >= 4 is 28.8 Å². The van der Waals surface area contributed by atoms with E-state index in [2.05, 4.69) is 30.3 Å². The van der Waals surface area contributed by atoms with E-state index >= 15 is 0 Å². The minimum absolute atomic E-state index is 0.0892. The molecule has 0 aromatic heterocycles. The molecule has 0 saturated heterocycles. The predicted molar refractivity (Wildman–Crippen MR) is 93.6 cm³/mol. The van der Waals surface area contributed by atoms with E-state index in [4.69, 9.17) is 4.74 Å². The first-order valence-electron chi connectivity index (χ1n) is 7.18. The third-order valence-electron chi connectivity index (χ3n) is 3.65. The average molecular weight is 324 g/mol. The van der Waals surface area contributed by atoms with Gasteiger partial charge < -0.3 is 9.84 Å². The van der Waals surface area contributed by atoms with Crippen molar-refractivity contribution in [1.29, 1.82) is 0 Å². The molecule has 23 heavy (non-hydrogen) atoms. The highest BCUT2D eigenvalue weighted by molar-refractivity contribution is 7.98. The number of hydrogen-bond donors (Lipinski definition) is 1. The second-order valence-electron chi connectivity index (χ2n) is 5.15. The molecule has 0 aliphatic rings. The van der Waals surface area contributed by atoms with Crippen LogP contribution in [0.3, 0.4) is 0 Å². The molecular formula is C19H16O3S. The standard InChI is InChI=1S/C19H16O3S/c1-22-18-9-13(11-20)8-16(19(18)21)12-23-17-7-6-14-4-2-3-5-15(14)10-17/h2-11,21H,12H2,1H3. The third kappa shape index (κ3) is 3.32. The quantitative estimate of drug-likeness (QED) is 0.548. The van der Waals surface area contributed by atoms with Gasteiger partial charge in [0.2, 0.25) is 0 Å². The summed E-state index contributed by atoms with van der Waals surface area (Å²) < 4.78 is 5.12. The number of ether oxygens (including phenoxy) is 1. The van der Waals surface area contributed by atoms with Gasteiger partial charge in [0, 0.05) is 21.8 Å². The molecule has 0 heterocycles. The van der Waals surface area contributed by atoms with E-state index in [0.717, 1.165) is 11.2 Å². The van der Waals surface area contributed by atoms with Gasteiger partial charge in [-0.2, -0.15) is 0 Å². The summed E-state index contributed by atoms with van der Waals surface area (Å²) in [5, 5.41) is 12.6. The maximum absolute atomic E-state index is 11.0. The molecule has 0 amide bonds. The Labute approximate surface area is 138 Å². The van der Waals surface area contributed by atoms with Gasteiger partial charge in [-0.05, 0) is 35.0 Å². The highest BCUT2D eigenvalue weighted by Crippen LogP contribution is 2.35. The second kappa shape index (κ2) is 6.75. The van der Waals surface area contributed by atoms with Crippen molar-refractivity contribution in [2.75, 3.05) is 7.11 Å². The largest absolute Gasteiger partial charge is 0.504 e. The molecule has 0 unspecified atom stereocenters. The van der Waals surface area contributed by atoms with Crippen molar-refractivity contribution in [3.63, 3.8) is 0 Å². The van der Waals surface area contributed by atoms with E-state index in [9.17, 15) is 9.90 Å². The Morgan fingerprint density at radius 3 is 2.61 bits per heavy atom. The van der Waals surface area contributed by atoms with Crippen LogP contribution in [-0.2, 0) is 5.75 Å². The van der Waals surface area contributed by atoms with Crippen LogP contribution >= 0.6 is 11.8 Å². The van der Waals surface area contributed by atoms with Gasteiger partial charge in [-0.1, -0.05) is 30.3 Å². The van der Waals surface area contributed by atoms with E-state index in [1.807, 2.05) is 12.1 Å². The topological polar surface area (TPSA) is 46.5 Å². The SMILES string of the molecule is COc1cc(C=O)cc(CSc2ccc3ccccc3c2)c1O. The van der Waals surface area contributed by atoms with Crippen molar-refractivity contribution in [3.05, 3.63) is 65.7 Å². The normalized spacial score (nSPS) is 10.7. The van der Waals surface area contributed by atoms with Crippen LogP contribution in [0.15, 0.2) is 59.5 Å². The van der Waals surface area contributed by atoms with Gasteiger partial charge in [0.25, 0.3) is 0 Å². The zero-order valence-corrected chi connectivity index (χ0v) is 13.5. The first-order valence-corrected chi connectivity index (χ1v) is 8.16. The number of benzene rings is 3. The van der Waals surface area contributed by atoms with E-state index in [1.165, 1.54) is 23.9 Å². The zero-order chi connectivity index (χ0) is 16.2. The fourth-order valence-electron chi connectivity index (χ4n) is 2.44. The monoisotopic (exact) mass is 324 g/mol. The Bertz CT molecular complexity index is 858. The molecule has 0 bridgehead atoms. The average Bonchev–Trinajstić information content (AvgIpc) is 2.60. The fraction of sp³-hybridized carbons (Fsp3) is 0.105. The van der Waals surface area contributed by atoms with Crippen LogP contribution in [0.1, 0.15) is 15.9 Å². The summed E-state index contributed by atoms with van der Waals surface area (Å²) in [6, 6.07) is 17.7. The maximum atomic E-state index is 11.0. The summed E-state index contributed by atoms with van der Waals surface area (Å²) in [6.45, 7) is 0. The summed E-state index contributed by atoms with van der Waals surface area (Å²) in [5.41, 5.74) is 1.18. The Morgan fingerprint density at radius 1 is 1.09 bits per heavy atom. The molecule has 0 spiro atoms. The third-order valence-corrected chi connectivity index (χ3v) is 4.69. The summed E-state index contributed by atoms with van der Waals surface area (Å²) in [7, 11) is 1.48. The lowest BCUT2D eigenvalue weighted by Gasteiger charge is -2.10. The van der Waals surface area contributed by atoms with Gasteiger partial charge >= 0.3 is 0 Å². The number of rotatable bonds is 5. The number of methoxy groups -OCH3 is 1. The van der Waals surface area contributed by atoms with Crippen molar-refractivity contribution in [3.8, 4) is 11.5 Å². The van der Waals surface area contributed by atoms with Crippen molar-refractivity contribution in [2.45, 2.75) is 10.6 Å². The number of carbonyl (C=O) groups excluding carboxylic acids is 1. The zero-order valence-electron chi connectivity index (χ0n) is 12.7. The Morgan fingerprint density at radius 2 is 1.87 bits per heavy atom. The first kappa shape index (κ1) is 15.4. The van der Waals surface area contributed by atoms with Crippen LogP contribution in [0.25, 0.3) is 10.8 Å². The lowest BCUT2D eigenvalue weighted by molar-refractivity contribution is 0.112. The van der Waals surface area contributed by atoms with Crippen molar-refractivity contribution in [2.24, 2.45) is 0 Å². The summed E-state index contributed by atoms with van der Waals surface area (Å²) in [4.78, 5) is 12.1. The Kier molecular flexibility index (Phi) is 4.53. The highest BCUT2D eigenvalue weighted by Gasteiger charge is 2.11. The molecule has 0 aliphatic carbocycles. The molecule has 1 N–H and O–H groups in total. The van der Waals surface area contributed by atoms with E-state index < -0.39 is 0 Å². The maximum Gasteiger partial charge on any atom is 0.161 e. The minimum Gasteiger partial charge on any atom is -0.504 e. The molecule has 0 atom stereocenters. The molecule has 0 saturated carbocycles. The van der Waals surface area contributed by atoms with Crippen LogP contribution in [0.5, 0.6) is 11.5 Å². The lowest BCUT2D eigenvalue weighted by atomic mass is 10.1. The molecule has 116 valence electrons. The van der Waals surface area contributed by atoms with E-state index in [-0.39, 0.29) is 5.75 Å². The molecular weight excluding hydrogens is 308 g/mol. The Balaban J connectivity index is 1.85. The van der Waals surface area contributed by atoms with Crippen LogP contribution in [0.2, 0.25) is 0 Å². The molecule has 0 radical (unpaired) electrons. The molecule has 3 aromatic carbocycles. The van der Waals surface area contributed by atoms with Gasteiger partial charge in [0.15, 0.2) is 11.5 Å². The number of thioether (sulfide) groups is 1. The van der Waals surface area contributed by atoms with Gasteiger partial charge in [0.05, 0.1) is 7.11 Å². The lowest BCUT2D eigenvalue weighted by Crippen LogP contribution is -1.92. The number of phenols is 1. The smallest absolute Gasteiger partial charge is 0.161 e. The summed E-state index contributed by atoms with van der Waals surface area (Å²) >= 11 is 1.61. The number of aromatic hydroxyl groups is 1. The van der Waals surface area contributed by atoms with Gasteiger partial charge in [-0.3, -0.25) is 4.79 Å². The van der Waals surface area contributed by atoms with Crippen LogP contribution < -0.4 is 4.74 Å². The molecule has 3 rings (SSSR count). The van der Waals surface area contributed by atoms with E-state index in [1.54, 1.807) is 17.8 Å². The van der Waals surface area contributed by atoms with Gasteiger partial charge in [-0.25, -0.2) is 0 Å². The van der Waals surface area contributed by atoms with Crippen LogP contribution in [0.4, 0.5) is 0 Å². The number of phenolic OH excluding ortho intramolecular Hbond substituents is 1. The van der Waals surface area contributed by atoms with E-state index in [0.29, 0.717) is 22.6 Å². The molecule has 0 aliphatic heterocycles. The number of hydrogen-bond acceptors (Lipinski definition) is 4. The second-order valence-corrected chi connectivity index (χ2v) is 6.20. The highest BCUT2D eigenvalue weighted by atomic mass is 32.2. The first-order chi connectivity index (χ1) is 11.2. The predicted octanol–water partition coefficient (Wildman–Crippen LogP) is 4.66. The van der Waals surface area contributed by atoms with Gasteiger partial charge in [-0.15, -0.1) is 11.8 Å². The molecule has 3 aromatic rings. The van der Waals surface area contributed by atoms with Crippen LogP contribution in [-0.4, -0.2) is 18.5 Å². The Hall–Kier alpha value is -2.46. The van der Waals surface area contributed by atoms with Crippen molar-refractivity contribution < 1.29 is 14.6 Å². The number of fused-ring (bicyclic) bond motifs is 1. The van der Waals surface area contributed by atoms with Crippen molar-refractivity contribution in [1.82, 2.24) is 0 Å². The van der Waals surface area contributed by atoms with Gasteiger partial charge in [0.1, 0.15) is 6.29 Å². The molecule has 3 nitrogen and oxygen atoms in total.